The van der Waals surface area contributed by atoms with Crippen LogP contribution in [0.25, 0.3) is 11.4 Å². The second-order valence-corrected chi connectivity index (χ2v) is 7.48. The third-order valence-corrected chi connectivity index (χ3v) is 5.56. The first-order valence-electron chi connectivity index (χ1n) is 9.19. The fourth-order valence-electron chi connectivity index (χ4n) is 3.15. The van der Waals surface area contributed by atoms with Gasteiger partial charge in [0.05, 0.1) is 4.88 Å². The van der Waals surface area contributed by atoms with Crippen LogP contribution < -0.4 is 0 Å². The molecule has 0 atom stereocenters. The lowest BCUT2D eigenvalue weighted by atomic mass is 10.2. The monoisotopic (exact) mass is 396 g/mol. The van der Waals surface area contributed by atoms with E-state index in [2.05, 4.69) is 10.1 Å². The topological polar surface area (TPSA) is 79.5 Å². The van der Waals surface area contributed by atoms with Gasteiger partial charge in [-0.3, -0.25) is 9.59 Å². The van der Waals surface area contributed by atoms with Gasteiger partial charge in [-0.05, 0) is 11.4 Å². The number of hydrogen-bond acceptors (Lipinski definition) is 6. The van der Waals surface area contributed by atoms with E-state index in [4.69, 9.17) is 4.52 Å². The van der Waals surface area contributed by atoms with Crippen LogP contribution in [-0.4, -0.2) is 57.9 Å². The Hall–Kier alpha value is -3.00. The van der Waals surface area contributed by atoms with Crippen molar-refractivity contribution in [1.29, 1.82) is 0 Å². The zero-order valence-corrected chi connectivity index (χ0v) is 16.1. The van der Waals surface area contributed by atoms with E-state index in [0.29, 0.717) is 50.7 Å². The Bertz CT molecular complexity index is 932. The third-order valence-electron chi connectivity index (χ3n) is 4.70. The lowest BCUT2D eigenvalue weighted by molar-refractivity contribution is -0.132. The van der Waals surface area contributed by atoms with Gasteiger partial charge in [-0.1, -0.05) is 41.6 Å². The highest BCUT2D eigenvalue weighted by atomic mass is 32.1. The summed E-state index contributed by atoms with van der Waals surface area (Å²) in [5.74, 6) is 1.08. The maximum Gasteiger partial charge on any atom is 0.264 e. The van der Waals surface area contributed by atoms with Crippen LogP contribution in [0.3, 0.4) is 0 Å². The van der Waals surface area contributed by atoms with Crippen molar-refractivity contribution in [2.75, 3.05) is 26.2 Å². The van der Waals surface area contributed by atoms with Gasteiger partial charge in [-0.2, -0.15) is 4.98 Å². The standard InChI is InChI=1S/C20H20N4O3S/c25-18(9-8-17-21-19(22-27-17)15-5-2-1-3-6-15)23-10-12-24(13-11-23)20(26)16-7-4-14-28-16/h1-7,14H,8-13H2. The zero-order chi connectivity index (χ0) is 19.3. The van der Waals surface area contributed by atoms with Crippen LogP contribution in [0, 0.1) is 0 Å². The van der Waals surface area contributed by atoms with Crippen molar-refractivity contribution in [2.24, 2.45) is 0 Å². The predicted octanol–water partition coefficient (Wildman–Crippen LogP) is 2.72. The maximum atomic E-state index is 12.5. The van der Waals surface area contributed by atoms with Gasteiger partial charge >= 0.3 is 0 Å². The largest absolute Gasteiger partial charge is 0.339 e. The van der Waals surface area contributed by atoms with Crippen LogP contribution in [0.5, 0.6) is 0 Å². The van der Waals surface area contributed by atoms with E-state index in [0.717, 1.165) is 10.4 Å². The van der Waals surface area contributed by atoms with E-state index in [-0.39, 0.29) is 11.8 Å². The summed E-state index contributed by atoms with van der Waals surface area (Å²) in [6.45, 7) is 2.21. The molecule has 0 bridgehead atoms. The Kier molecular flexibility index (Phi) is 5.48. The van der Waals surface area contributed by atoms with E-state index < -0.39 is 0 Å². The number of thiophene rings is 1. The van der Waals surface area contributed by atoms with Crippen LogP contribution in [0.15, 0.2) is 52.4 Å². The lowest BCUT2D eigenvalue weighted by Crippen LogP contribution is -2.50. The summed E-state index contributed by atoms with van der Waals surface area (Å²) < 4.78 is 5.26. The predicted molar refractivity (Wildman–Crippen MR) is 105 cm³/mol. The number of rotatable bonds is 5. The van der Waals surface area contributed by atoms with E-state index in [1.54, 1.807) is 9.80 Å². The minimum Gasteiger partial charge on any atom is -0.339 e. The molecule has 0 unspecified atom stereocenters. The average molecular weight is 396 g/mol. The van der Waals surface area contributed by atoms with E-state index in [1.165, 1.54) is 11.3 Å². The smallest absolute Gasteiger partial charge is 0.264 e. The SMILES string of the molecule is O=C(CCc1nc(-c2ccccc2)no1)N1CCN(C(=O)c2cccs2)CC1. The number of aryl methyl sites for hydroxylation is 1. The van der Waals surface area contributed by atoms with Gasteiger partial charge in [0.15, 0.2) is 0 Å². The van der Waals surface area contributed by atoms with Crippen molar-refractivity contribution < 1.29 is 14.1 Å². The molecule has 0 N–H and O–H groups in total. The van der Waals surface area contributed by atoms with Crippen molar-refractivity contribution in [2.45, 2.75) is 12.8 Å². The van der Waals surface area contributed by atoms with Crippen LogP contribution in [0.4, 0.5) is 0 Å². The number of amides is 2. The minimum atomic E-state index is 0.0430. The maximum absolute atomic E-state index is 12.5. The van der Waals surface area contributed by atoms with Gasteiger partial charge in [0, 0.05) is 44.6 Å². The fourth-order valence-corrected chi connectivity index (χ4v) is 3.84. The van der Waals surface area contributed by atoms with E-state index in [9.17, 15) is 9.59 Å². The second-order valence-electron chi connectivity index (χ2n) is 6.53. The molecule has 1 saturated heterocycles. The Morgan fingerprint density at radius 2 is 1.75 bits per heavy atom. The minimum absolute atomic E-state index is 0.0430. The molecule has 4 rings (SSSR count). The molecule has 2 aromatic heterocycles. The molecule has 3 aromatic rings. The molecule has 8 heteroatoms. The third kappa shape index (κ3) is 4.12. The zero-order valence-electron chi connectivity index (χ0n) is 15.3. The highest BCUT2D eigenvalue weighted by molar-refractivity contribution is 7.12. The summed E-state index contributed by atoms with van der Waals surface area (Å²) in [4.78, 5) is 33.6. The summed E-state index contributed by atoms with van der Waals surface area (Å²) in [7, 11) is 0. The van der Waals surface area contributed by atoms with Crippen molar-refractivity contribution in [3.05, 3.63) is 58.6 Å². The number of benzene rings is 1. The molecule has 0 spiro atoms. The molecule has 3 heterocycles. The molecule has 0 aliphatic carbocycles. The van der Waals surface area contributed by atoms with Crippen LogP contribution in [0.2, 0.25) is 0 Å². The quantitative estimate of drug-likeness (QED) is 0.663. The highest BCUT2D eigenvalue weighted by Gasteiger charge is 2.25. The number of aromatic nitrogens is 2. The van der Waals surface area contributed by atoms with Crippen LogP contribution in [0.1, 0.15) is 22.0 Å². The molecule has 2 amide bonds. The molecular weight excluding hydrogens is 376 g/mol. The van der Waals surface area contributed by atoms with Gasteiger partial charge in [-0.25, -0.2) is 0 Å². The summed E-state index contributed by atoms with van der Waals surface area (Å²) in [5, 5.41) is 5.87. The molecular formula is C20H20N4O3S. The van der Waals surface area contributed by atoms with Crippen molar-refractivity contribution in [3.8, 4) is 11.4 Å². The number of piperazine rings is 1. The van der Waals surface area contributed by atoms with Crippen molar-refractivity contribution in [1.82, 2.24) is 19.9 Å². The van der Waals surface area contributed by atoms with Gasteiger partial charge in [0.25, 0.3) is 5.91 Å². The van der Waals surface area contributed by atoms with Gasteiger partial charge in [-0.15, -0.1) is 11.3 Å². The highest BCUT2D eigenvalue weighted by Crippen LogP contribution is 2.17. The Balaban J connectivity index is 1.26. The van der Waals surface area contributed by atoms with Crippen molar-refractivity contribution in [3.63, 3.8) is 0 Å². The lowest BCUT2D eigenvalue weighted by Gasteiger charge is -2.34. The summed E-state index contributed by atoms with van der Waals surface area (Å²) in [5.41, 5.74) is 0.885. The summed E-state index contributed by atoms with van der Waals surface area (Å²) in [6, 6.07) is 13.3. The molecule has 1 fully saturated rings. The second kappa shape index (κ2) is 8.35. The number of carbonyl (C=O) groups is 2. The average Bonchev–Trinajstić information content (AvgIpc) is 3.44. The molecule has 1 aromatic carbocycles. The first-order valence-corrected chi connectivity index (χ1v) is 10.1. The number of hydrogen-bond donors (Lipinski definition) is 0. The first kappa shape index (κ1) is 18.4. The van der Waals surface area contributed by atoms with E-state index in [1.807, 2.05) is 47.8 Å². The molecule has 7 nitrogen and oxygen atoms in total. The Morgan fingerprint density at radius 1 is 1.00 bits per heavy atom. The summed E-state index contributed by atoms with van der Waals surface area (Å²) >= 11 is 1.44. The molecule has 28 heavy (non-hydrogen) atoms. The number of carbonyl (C=O) groups excluding carboxylic acids is 2. The number of nitrogens with zero attached hydrogens (tertiary/aromatic N) is 4. The normalized spacial score (nSPS) is 14.3. The van der Waals surface area contributed by atoms with Crippen LogP contribution >= 0.6 is 11.3 Å². The van der Waals surface area contributed by atoms with Gasteiger partial charge in [0.2, 0.25) is 17.6 Å². The molecule has 0 saturated carbocycles. The Labute approximate surface area is 166 Å². The molecule has 1 aliphatic heterocycles. The van der Waals surface area contributed by atoms with Gasteiger partial charge in [0.1, 0.15) is 0 Å². The summed E-state index contributed by atoms with van der Waals surface area (Å²) in [6.07, 6.45) is 0.725. The van der Waals surface area contributed by atoms with Gasteiger partial charge < -0.3 is 14.3 Å². The van der Waals surface area contributed by atoms with Crippen LogP contribution in [-0.2, 0) is 11.2 Å². The molecule has 144 valence electrons. The molecule has 0 radical (unpaired) electrons. The fraction of sp³-hybridized carbons (Fsp3) is 0.300. The Morgan fingerprint density at radius 3 is 2.46 bits per heavy atom. The first-order chi connectivity index (χ1) is 13.7. The molecule has 1 aliphatic rings. The van der Waals surface area contributed by atoms with E-state index >= 15 is 0 Å². The van der Waals surface area contributed by atoms with Crippen molar-refractivity contribution >= 4 is 23.2 Å².